The SMILES string of the molecule is Fc1cc(Br)cc(OC[C@@H]2CCNC2)c1. The van der Waals surface area contributed by atoms with E-state index in [1.807, 2.05) is 0 Å². The largest absolute Gasteiger partial charge is 0.493 e. The summed E-state index contributed by atoms with van der Waals surface area (Å²) in [5.41, 5.74) is 0. The molecule has 0 saturated carbocycles. The Labute approximate surface area is 96.9 Å². The molecule has 1 aliphatic heterocycles. The topological polar surface area (TPSA) is 21.3 Å². The van der Waals surface area contributed by atoms with Crippen LogP contribution in [0.1, 0.15) is 6.42 Å². The van der Waals surface area contributed by atoms with E-state index >= 15 is 0 Å². The fraction of sp³-hybridized carbons (Fsp3) is 0.455. The van der Waals surface area contributed by atoms with Crippen LogP contribution in [0.25, 0.3) is 0 Å². The van der Waals surface area contributed by atoms with Crippen molar-refractivity contribution in [2.24, 2.45) is 5.92 Å². The zero-order valence-electron chi connectivity index (χ0n) is 8.30. The summed E-state index contributed by atoms with van der Waals surface area (Å²) in [6.45, 7) is 2.71. The van der Waals surface area contributed by atoms with Crippen molar-refractivity contribution < 1.29 is 9.13 Å². The molecule has 4 heteroatoms. The number of benzene rings is 1. The first-order valence-electron chi connectivity index (χ1n) is 5.03. The molecule has 0 aromatic heterocycles. The third kappa shape index (κ3) is 3.18. The maximum absolute atomic E-state index is 13.0. The normalized spacial score (nSPS) is 20.5. The zero-order chi connectivity index (χ0) is 10.7. The predicted octanol–water partition coefficient (Wildman–Crippen LogP) is 2.58. The van der Waals surface area contributed by atoms with Crippen molar-refractivity contribution >= 4 is 15.9 Å². The highest BCUT2D eigenvalue weighted by atomic mass is 79.9. The van der Waals surface area contributed by atoms with Crippen LogP contribution in [0.4, 0.5) is 4.39 Å². The molecule has 1 aromatic rings. The molecule has 15 heavy (non-hydrogen) atoms. The molecule has 2 nitrogen and oxygen atoms in total. The minimum Gasteiger partial charge on any atom is -0.493 e. The van der Waals surface area contributed by atoms with Gasteiger partial charge in [0.05, 0.1) is 6.61 Å². The van der Waals surface area contributed by atoms with E-state index in [1.165, 1.54) is 12.1 Å². The molecule has 0 aliphatic carbocycles. The summed E-state index contributed by atoms with van der Waals surface area (Å²) in [6.07, 6.45) is 1.14. The first-order chi connectivity index (χ1) is 7.24. The second-order valence-electron chi connectivity index (χ2n) is 3.77. The van der Waals surface area contributed by atoms with E-state index in [1.54, 1.807) is 6.07 Å². The number of hydrogen-bond donors (Lipinski definition) is 1. The van der Waals surface area contributed by atoms with Gasteiger partial charge in [0.2, 0.25) is 0 Å². The molecule has 1 aliphatic rings. The van der Waals surface area contributed by atoms with Crippen LogP contribution in [0, 0.1) is 11.7 Å². The molecule has 1 N–H and O–H groups in total. The number of ether oxygens (including phenoxy) is 1. The van der Waals surface area contributed by atoms with Crippen LogP contribution in [0.15, 0.2) is 22.7 Å². The van der Waals surface area contributed by atoms with Crippen molar-refractivity contribution in [3.63, 3.8) is 0 Å². The molecule has 82 valence electrons. The summed E-state index contributed by atoms with van der Waals surface area (Å²) < 4.78 is 19.3. The maximum atomic E-state index is 13.0. The fourth-order valence-corrected chi connectivity index (χ4v) is 2.13. The standard InChI is InChI=1S/C11H13BrFNO/c12-9-3-10(13)5-11(4-9)15-7-8-1-2-14-6-8/h3-5,8,14H,1-2,6-7H2/t8-/m1/s1. The minimum atomic E-state index is -0.274. The second-order valence-corrected chi connectivity index (χ2v) is 4.69. The highest BCUT2D eigenvalue weighted by molar-refractivity contribution is 9.10. The molecule has 0 amide bonds. The molecule has 2 rings (SSSR count). The van der Waals surface area contributed by atoms with Crippen molar-refractivity contribution in [1.29, 1.82) is 0 Å². The summed E-state index contributed by atoms with van der Waals surface area (Å²) in [5, 5.41) is 3.27. The molecular weight excluding hydrogens is 261 g/mol. The highest BCUT2D eigenvalue weighted by Crippen LogP contribution is 2.21. The first-order valence-corrected chi connectivity index (χ1v) is 5.83. The van der Waals surface area contributed by atoms with Gasteiger partial charge in [-0.2, -0.15) is 0 Å². The molecular formula is C11H13BrFNO. The van der Waals surface area contributed by atoms with Gasteiger partial charge in [0, 0.05) is 23.0 Å². The fourth-order valence-electron chi connectivity index (χ4n) is 1.68. The number of nitrogens with one attached hydrogen (secondary N) is 1. The Morgan fingerprint density at radius 3 is 3.00 bits per heavy atom. The van der Waals surface area contributed by atoms with Crippen molar-refractivity contribution in [2.75, 3.05) is 19.7 Å². The Morgan fingerprint density at radius 2 is 2.33 bits per heavy atom. The van der Waals surface area contributed by atoms with E-state index in [0.29, 0.717) is 22.7 Å². The Balaban J connectivity index is 1.92. The molecule has 1 fully saturated rings. The van der Waals surface area contributed by atoms with Gasteiger partial charge in [0.25, 0.3) is 0 Å². The quantitative estimate of drug-likeness (QED) is 0.914. The predicted molar refractivity (Wildman–Crippen MR) is 60.6 cm³/mol. The van der Waals surface area contributed by atoms with E-state index in [4.69, 9.17) is 4.74 Å². The van der Waals surface area contributed by atoms with E-state index in [-0.39, 0.29) is 5.82 Å². The van der Waals surface area contributed by atoms with Crippen molar-refractivity contribution in [2.45, 2.75) is 6.42 Å². The minimum absolute atomic E-state index is 0.274. The molecule has 1 heterocycles. The van der Waals surface area contributed by atoms with Crippen molar-refractivity contribution in [1.82, 2.24) is 5.32 Å². The monoisotopic (exact) mass is 273 g/mol. The Bertz CT molecular complexity index is 319. The highest BCUT2D eigenvalue weighted by Gasteiger charge is 2.15. The first kappa shape index (κ1) is 10.9. The maximum Gasteiger partial charge on any atom is 0.128 e. The average molecular weight is 274 g/mol. The van der Waals surface area contributed by atoms with Crippen LogP contribution in [0.5, 0.6) is 5.75 Å². The van der Waals surface area contributed by atoms with Crippen molar-refractivity contribution in [3.05, 3.63) is 28.5 Å². The average Bonchev–Trinajstić information content (AvgIpc) is 2.65. The smallest absolute Gasteiger partial charge is 0.128 e. The van der Waals surface area contributed by atoms with Gasteiger partial charge in [-0.15, -0.1) is 0 Å². The van der Waals surface area contributed by atoms with Gasteiger partial charge >= 0.3 is 0 Å². The Kier molecular flexibility index (Phi) is 3.59. The summed E-state index contributed by atoms with van der Waals surface area (Å²) in [6, 6.07) is 4.61. The summed E-state index contributed by atoms with van der Waals surface area (Å²) in [4.78, 5) is 0. The summed E-state index contributed by atoms with van der Waals surface area (Å²) in [7, 11) is 0. The molecule has 0 radical (unpaired) electrons. The van der Waals surface area contributed by atoms with Gasteiger partial charge in [-0.05, 0) is 25.1 Å². The third-order valence-electron chi connectivity index (χ3n) is 2.48. The molecule has 1 saturated heterocycles. The van der Waals surface area contributed by atoms with Gasteiger partial charge in [0.15, 0.2) is 0 Å². The Hall–Kier alpha value is -0.610. The second kappa shape index (κ2) is 4.94. The van der Waals surface area contributed by atoms with Gasteiger partial charge < -0.3 is 10.1 Å². The number of rotatable bonds is 3. The zero-order valence-corrected chi connectivity index (χ0v) is 9.89. The molecule has 0 bridgehead atoms. The van der Waals surface area contributed by atoms with Crippen molar-refractivity contribution in [3.8, 4) is 5.75 Å². The van der Waals surface area contributed by atoms with E-state index < -0.39 is 0 Å². The van der Waals surface area contributed by atoms with E-state index in [2.05, 4.69) is 21.2 Å². The van der Waals surface area contributed by atoms with E-state index in [9.17, 15) is 4.39 Å². The molecule has 1 atom stereocenters. The lowest BCUT2D eigenvalue weighted by Crippen LogP contribution is -2.15. The van der Waals surface area contributed by atoms with Crippen LogP contribution < -0.4 is 10.1 Å². The van der Waals surface area contributed by atoms with Gasteiger partial charge in [-0.3, -0.25) is 0 Å². The molecule has 0 spiro atoms. The van der Waals surface area contributed by atoms with Crippen LogP contribution in [-0.2, 0) is 0 Å². The molecule has 1 aromatic carbocycles. The summed E-state index contributed by atoms with van der Waals surface area (Å²) in [5.74, 6) is 0.865. The lowest BCUT2D eigenvalue weighted by molar-refractivity contribution is 0.259. The number of halogens is 2. The van der Waals surface area contributed by atoms with Crippen LogP contribution >= 0.6 is 15.9 Å². The van der Waals surface area contributed by atoms with Crippen LogP contribution in [0.2, 0.25) is 0 Å². The van der Waals surface area contributed by atoms with Gasteiger partial charge in [-0.1, -0.05) is 15.9 Å². The lowest BCUT2D eigenvalue weighted by Gasteiger charge is -2.11. The van der Waals surface area contributed by atoms with Gasteiger partial charge in [-0.25, -0.2) is 4.39 Å². The van der Waals surface area contributed by atoms with Gasteiger partial charge in [0.1, 0.15) is 11.6 Å². The van der Waals surface area contributed by atoms with E-state index in [0.717, 1.165) is 19.5 Å². The van der Waals surface area contributed by atoms with Crippen LogP contribution in [-0.4, -0.2) is 19.7 Å². The lowest BCUT2D eigenvalue weighted by atomic mass is 10.1. The molecule has 0 unspecified atom stereocenters. The summed E-state index contributed by atoms with van der Waals surface area (Å²) >= 11 is 3.23. The number of hydrogen-bond acceptors (Lipinski definition) is 2. The van der Waals surface area contributed by atoms with Crippen LogP contribution in [0.3, 0.4) is 0 Å². The third-order valence-corrected chi connectivity index (χ3v) is 2.94. The Morgan fingerprint density at radius 1 is 1.47 bits per heavy atom.